The standard InChI is InChI=1S/C15H13FN2O3/c1-2-17(13-5-3-4-12(16)9-13)15-7-6-14(18(20)21)8-11(15)10-19/h3-10H,2H2,1H3. The van der Waals surface area contributed by atoms with Crippen LogP contribution in [0.4, 0.5) is 21.5 Å². The van der Waals surface area contributed by atoms with E-state index in [1.54, 1.807) is 17.0 Å². The first-order valence-corrected chi connectivity index (χ1v) is 6.33. The molecule has 0 amide bonds. The van der Waals surface area contributed by atoms with Crippen LogP contribution in [-0.2, 0) is 0 Å². The van der Waals surface area contributed by atoms with Crippen molar-refractivity contribution in [3.63, 3.8) is 0 Å². The van der Waals surface area contributed by atoms with Gasteiger partial charge < -0.3 is 4.90 Å². The van der Waals surface area contributed by atoms with E-state index in [9.17, 15) is 19.3 Å². The van der Waals surface area contributed by atoms with E-state index in [2.05, 4.69) is 0 Å². The van der Waals surface area contributed by atoms with Gasteiger partial charge in [-0.25, -0.2) is 4.39 Å². The maximum atomic E-state index is 13.3. The predicted octanol–water partition coefficient (Wildman–Crippen LogP) is 3.70. The van der Waals surface area contributed by atoms with Gasteiger partial charge in [0.15, 0.2) is 6.29 Å². The monoisotopic (exact) mass is 288 g/mol. The minimum absolute atomic E-state index is 0.156. The fraction of sp³-hybridized carbons (Fsp3) is 0.133. The Bertz CT molecular complexity index is 688. The number of nitrogens with zero attached hydrogens (tertiary/aromatic N) is 2. The van der Waals surface area contributed by atoms with E-state index in [0.717, 1.165) is 0 Å². The van der Waals surface area contributed by atoms with E-state index < -0.39 is 4.92 Å². The van der Waals surface area contributed by atoms with Crippen LogP contribution in [0.5, 0.6) is 0 Å². The summed E-state index contributed by atoms with van der Waals surface area (Å²) >= 11 is 0. The van der Waals surface area contributed by atoms with Crippen LogP contribution in [0.25, 0.3) is 0 Å². The largest absolute Gasteiger partial charge is 0.341 e. The second-order valence-electron chi connectivity index (χ2n) is 4.34. The van der Waals surface area contributed by atoms with Crippen molar-refractivity contribution in [2.24, 2.45) is 0 Å². The van der Waals surface area contributed by atoms with Crippen LogP contribution in [0.1, 0.15) is 17.3 Å². The number of rotatable bonds is 5. The summed E-state index contributed by atoms with van der Waals surface area (Å²) in [4.78, 5) is 23.1. The van der Waals surface area contributed by atoms with Crippen LogP contribution in [0.3, 0.4) is 0 Å². The molecule has 0 heterocycles. The molecule has 0 bridgehead atoms. The second-order valence-corrected chi connectivity index (χ2v) is 4.34. The molecule has 0 aromatic heterocycles. The number of carbonyl (C=O) groups is 1. The number of carbonyl (C=O) groups excluding carboxylic acids is 1. The molecule has 2 rings (SSSR count). The third kappa shape index (κ3) is 3.05. The molecule has 0 saturated carbocycles. The minimum Gasteiger partial charge on any atom is -0.341 e. The van der Waals surface area contributed by atoms with Gasteiger partial charge in [-0.3, -0.25) is 14.9 Å². The molecule has 108 valence electrons. The zero-order chi connectivity index (χ0) is 15.4. The first-order chi connectivity index (χ1) is 10.1. The van der Waals surface area contributed by atoms with Crippen LogP contribution in [-0.4, -0.2) is 17.8 Å². The van der Waals surface area contributed by atoms with Gasteiger partial charge in [0.2, 0.25) is 0 Å². The summed E-state index contributed by atoms with van der Waals surface area (Å²) in [5.74, 6) is -0.388. The minimum atomic E-state index is -0.560. The van der Waals surface area contributed by atoms with E-state index in [1.807, 2.05) is 6.92 Å². The summed E-state index contributed by atoms with van der Waals surface area (Å²) in [6.45, 7) is 2.34. The van der Waals surface area contributed by atoms with E-state index in [0.29, 0.717) is 24.2 Å². The highest BCUT2D eigenvalue weighted by Crippen LogP contribution is 2.30. The van der Waals surface area contributed by atoms with Crippen molar-refractivity contribution in [2.75, 3.05) is 11.4 Å². The SMILES string of the molecule is CCN(c1cccc(F)c1)c1ccc([N+](=O)[O-])cc1C=O. The fourth-order valence-corrected chi connectivity index (χ4v) is 2.13. The first kappa shape index (κ1) is 14.6. The molecule has 0 unspecified atom stereocenters. The van der Waals surface area contributed by atoms with Crippen molar-refractivity contribution in [3.8, 4) is 0 Å². The molecule has 0 saturated heterocycles. The average Bonchev–Trinajstić information content (AvgIpc) is 2.48. The number of anilines is 2. The number of nitro groups is 1. The summed E-state index contributed by atoms with van der Waals surface area (Å²) in [6, 6.07) is 9.99. The third-order valence-electron chi connectivity index (χ3n) is 3.08. The lowest BCUT2D eigenvalue weighted by molar-refractivity contribution is -0.384. The molecule has 2 aromatic rings. The van der Waals surface area contributed by atoms with Gasteiger partial charge in [0.05, 0.1) is 10.6 Å². The Morgan fingerprint density at radius 3 is 2.62 bits per heavy atom. The molecular formula is C15H13FN2O3. The number of hydrogen-bond acceptors (Lipinski definition) is 4. The van der Waals surface area contributed by atoms with Crippen molar-refractivity contribution in [1.82, 2.24) is 0 Å². The second kappa shape index (κ2) is 6.13. The Kier molecular flexibility index (Phi) is 4.27. The van der Waals surface area contributed by atoms with E-state index in [4.69, 9.17) is 0 Å². The van der Waals surface area contributed by atoms with Crippen molar-refractivity contribution >= 4 is 23.3 Å². The zero-order valence-corrected chi connectivity index (χ0v) is 11.3. The number of nitro benzene ring substituents is 1. The number of aldehydes is 1. The molecule has 0 N–H and O–H groups in total. The van der Waals surface area contributed by atoms with Crippen molar-refractivity contribution in [1.29, 1.82) is 0 Å². The first-order valence-electron chi connectivity index (χ1n) is 6.33. The fourth-order valence-electron chi connectivity index (χ4n) is 2.13. The zero-order valence-electron chi connectivity index (χ0n) is 11.3. The van der Waals surface area contributed by atoms with E-state index in [-0.39, 0.29) is 17.1 Å². The lowest BCUT2D eigenvalue weighted by Crippen LogP contribution is -2.17. The Labute approximate surface area is 120 Å². The maximum Gasteiger partial charge on any atom is 0.270 e. The molecule has 0 fully saturated rings. The van der Waals surface area contributed by atoms with Crippen LogP contribution < -0.4 is 4.90 Å². The van der Waals surface area contributed by atoms with Gasteiger partial charge in [-0.2, -0.15) is 0 Å². The highest BCUT2D eigenvalue weighted by molar-refractivity contribution is 5.88. The molecular weight excluding hydrogens is 275 g/mol. The number of hydrogen-bond donors (Lipinski definition) is 0. The molecule has 2 aromatic carbocycles. The average molecular weight is 288 g/mol. The van der Waals surface area contributed by atoms with Crippen LogP contribution in [0.15, 0.2) is 42.5 Å². The number of benzene rings is 2. The topological polar surface area (TPSA) is 63.4 Å². The van der Waals surface area contributed by atoms with Crippen molar-refractivity contribution in [3.05, 3.63) is 64.0 Å². The molecule has 21 heavy (non-hydrogen) atoms. The molecule has 0 radical (unpaired) electrons. The Balaban J connectivity index is 2.52. The molecule has 0 spiro atoms. The summed E-state index contributed by atoms with van der Waals surface area (Å²) in [6.07, 6.45) is 0.560. The normalized spacial score (nSPS) is 10.2. The molecule has 0 aliphatic rings. The Hall–Kier alpha value is -2.76. The lowest BCUT2D eigenvalue weighted by atomic mass is 10.1. The number of non-ortho nitro benzene ring substituents is 1. The van der Waals surface area contributed by atoms with Crippen LogP contribution >= 0.6 is 0 Å². The third-order valence-corrected chi connectivity index (χ3v) is 3.08. The van der Waals surface area contributed by atoms with Gasteiger partial charge in [-0.1, -0.05) is 6.07 Å². The summed E-state index contributed by atoms with van der Waals surface area (Å²) in [5.41, 5.74) is 1.12. The Morgan fingerprint density at radius 1 is 1.29 bits per heavy atom. The lowest BCUT2D eigenvalue weighted by Gasteiger charge is -2.24. The van der Waals surface area contributed by atoms with Crippen molar-refractivity contribution < 1.29 is 14.1 Å². The molecule has 0 atom stereocenters. The van der Waals surface area contributed by atoms with Gasteiger partial charge in [0, 0.05) is 29.9 Å². The molecule has 6 heteroatoms. The summed E-state index contributed by atoms with van der Waals surface area (Å²) in [5, 5.41) is 10.8. The molecule has 0 aliphatic carbocycles. The maximum absolute atomic E-state index is 13.3. The van der Waals surface area contributed by atoms with E-state index in [1.165, 1.54) is 30.3 Å². The van der Waals surface area contributed by atoms with Gasteiger partial charge in [0.1, 0.15) is 5.82 Å². The van der Waals surface area contributed by atoms with Crippen LogP contribution in [0, 0.1) is 15.9 Å². The quantitative estimate of drug-likeness (QED) is 0.478. The highest BCUT2D eigenvalue weighted by Gasteiger charge is 2.16. The van der Waals surface area contributed by atoms with E-state index >= 15 is 0 Å². The van der Waals surface area contributed by atoms with Gasteiger partial charge in [-0.15, -0.1) is 0 Å². The van der Waals surface area contributed by atoms with Gasteiger partial charge in [-0.05, 0) is 31.2 Å². The summed E-state index contributed by atoms with van der Waals surface area (Å²) in [7, 11) is 0. The summed E-state index contributed by atoms with van der Waals surface area (Å²) < 4.78 is 13.3. The molecule has 5 nitrogen and oxygen atoms in total. The predicted molar refractivity (Wildman–Crippen MR) is 77.6 cm³/mol. The van der Waals surface area contributed by atoms with Crippen molar-refractivity contribution in [2.45, 2.75) is 6.92 Å². The van der Waals surface area contributed by atoms with Gasteiger partial charge in [0.25, 0.3) is 5.69 Å². The number of halogens is 1. The molecule has 0 aliphatic heterocycles. The van der Waals surface area contributed by atoms with Crippen LogP contribution in [0.2, 0.25) is 0 Å². The highest BCUT2D eigenvalue weighted by atomic mass is 19.1. The van der Waals surface area contributed by atoms with Gasteiger partial charge >= 0.3 is 0 Å². The Morgan fingerprint density at radius 2 is 2.05 bits per heavy atom. The smallest absolute Gasteiger partial charge is 0.270 e.